The quantitative estimate of drug-likeness (QED) is 0.300. The van der Waals surface area contributed by atoms with Crippen molar-refractivity contribution in [2.75, 3.05) is 17.5 Å². The number of halogens is 1. The molecule has 0 aliphatic heterocycles. The van der Waals surface area contributed by atoms with E-state index in [0.717, 1.165) is 27.6 Å². The summed E-state index contributed by atoms with van der Waals surface area (Å²) < 4.78 is 48.1. The number of amides is 2. The summed E-state index contributed by atoms with van der Waals surface area (Å²) in [6.45, 7) is 11.0. The van der Waals surface area contributed by atoms with E-state index in [4.69, 9.17) is 4.74 Å². The SMILES string of the molecule is CCOc1ccc(S(=O)(=O)N(CC(=O)N(Cc2ccccc2C)C(CC)C(=O)NC(C)(C)C)c2ccc(F)cc2)cc1. The lowest BCUT2D eigenvalue weighted by atomic mass is 10.0. The Morgan fingerprint density at radius 2 is 1.57 bits per heavy atom. The number of carbonyl (C=O) groups is 2. The predicted molar refractivity (Wildman–Crippen MR) is 162 cm³/mol. The van der Waals surface area contributed by atoms with E-state index in [-0.39, 0.29) is 23.0 Å². The monoisotopic (exact) mass is 597 g/mol. The van der Waals surface area contributed by atoms with E-state index in [1.807, 2.05) is 58.9 Å². The number of ether oxygens (including phenoxy) is 1. The Bertz CT molecular complexity index is 1470. The molecule has 0 bridgehead atoms. The standard InChI is InChI=1S/C32H40FN3O5S/c1-7-29(31(38)34-32(4,5)6)35(21-24-12-10-9-11-23(24)3)30(37)22-36(26-15-13-25(33)14-16-26)42(39,40)28-19-17-27(18-20-28)41-8-2/h9-20,29H,7-8,21-22H2,1-6H3,(H,34,38). The van der Waals surface area contributed by atoms with Crippen LogP contribution in [-0.4, -0.2) is 49.9 Å². The minimum atomic E-state index is -4.28. The van der Waals surface area contributed by atoms with Crippen LogP contribution in [0.3, 0.4) is 0 Å². The third-order valence-corrected chi connectivity index (χ3v) is 8.39. The second kappa shape index (κ2) is 13.8. The van der Waals surface area contributed by atoms with Crippen LogP contribution in [0.2, 0.25) is 0 Å². The summed E-state index contributed by atoms with van der Waals surface area (Å²) in [5.74, 6) is -0.960. The van der Waals surface area contributed by atoms with E-state index in [9.17, 15) is 22.4 Å². The Balaban J connectivity index is 2.07. The lowest BCUT2D eigenvalue weighted by Crippen LogP contribution is -2.55. The van der Waals surface area contributed by atoms with Gasteiger partial charge in [-0.2, -0.15) is 0 Å². The van der Waals surface area contributed by atoms with Crippen molar-refractivity contribution in [2.24, 2.45) is 0 Å². The van der Waals surface area contributed by atoms with Gasteiger partial charge in [0, 0.05) is 12.1 Å². The third-order valence-electron chi connectivity index (χ3n) is 6.60. The van der Waals surface area contributed by atoms with Gasteiger partial charge >= 0.3 is 0 Å². The van der Waals surface area contributed by atoms with Gasteiger partial charge < -0.3 is 15.0 Å². The number of rotatable bonds is 12. The first-order valence-corrected chi connectivity index (χ1v) is 15.4. The molecule has 0 spiro atoms. The summed E-state index contributed by atoms with van der Waals surface area (Å²) in [4.78, 5) is 28.9. The molecule has 10 heteroatoms. The number of hydrogen-bond acceptors (Lipinski definition) is 5. The fourth-order valence-electron chi connectivity index (χ4n) is 4.48. The molecular formula is C32H40FN3O5S. The molecule has 0 saturated carbocycles. The topological polar surface area (TPSA) is 96.0 Å². The van der Waals surface area contributed by atoms with Crippen molar-refractivity contribution in [3.8, 4) is 5.75 Å². The summed E-state index contributed by atoms with van der Waals surface area (Å²) in [7, 11) is -4.28. The van der Waals surface area contributed by atoms with E-state index in [0.29, 0.717) is 18.8 Å². The molecule has 0 aliphatic carbocycles. The van der Waals surface area contributed by atoms with Crippen molar-refractivity contribution < 1.29 is 27.1 Å². The maximum absolute atomic E-state index is 14.1. The molecule has 42 heavy (non-hydrogen) atoms. The zero-order valence-electron chi connectivity index (χ0n) is 25.1. The van der Waals surface area contributed by atoms with Gasteiger partial charge in [0.15, 0.2) is 0 Å². The minimum Gasteiger partial charge on any atom is -0.494 e. The van der Waals surface area contributed by atoms with E-state index in [1.165, 1.54) is 41.3 Å². The van der Waals surface area contributed by atoms with Gasteiger partial charge in [0.05, 0.1) is 17.2 Å². The van der Waals surface area contributed by atoms with Gasteiger partial charge in [0.2, 0.25) is 11.8 Å². The van der Waals surface area contributed by atoms with Gasteiger partial charge in [-0.15, -0.1) is 0 Å². The van der Waals surface area contributed by atoms with Crippen LogP contribution >= 0.6 is 0 Å². The average molecular weight is 598 g/mol. The molecule has 0 saturated heterocycles. The lowest BCUT2D eigenvalue weighted by Gasteiger charge is -2.35. The average Bonchev–Trinajstić information content (AvgIpc) is 2.92. The van der Waals surface area contributed by atoms with Crippen LogP contribution in [0.15, 0.2) is 77.7 Å². The number of nitrogens with zero attached hydrogens (tertiary/aromatic N) is 2. The fourth-order valence-corrected chi connectivity index (χ4v) is 5.90. The number of aryl methyl sites for hydroxylation is 1. The first kappa shape index (κ1) is 32.6. The lowest BCUT2D eigenvalue weighted by molar-refractivity contribution is -0.141. The van der Waals surface area contributed by atoms with Crippen molar-refractivity contribution >= 4 is 27.5 Å². The molecule has 8 nitrogen and oxygen atoms in total. The maximum Gasteiger partial charge on any atom is 0.264 e. The maximum atomic E-state index is 14.1. The molecular weight excluding hydrogens is 557 g/mol. The third kappa shape index (κ3) is 8.31. The number of sulfonamides is 1. The molecule has 226 valence electrons. The smallest absolute Gasteiger partial charge is 0.264 e. The van der Waals surface area contributed by atoms with Crippen molar-refractivity contribution in [3.05, 3.63) is 89.7 Å². The van der Waals surface area contributed by atoms with E-state index in [2.05, 4.69) is 5.32 Å². The number of benzene rings is 3. The van der Waals surface area contributed by atoms with Crippen molar-refractivity contribution in [3.63, 3.8) is 0 Å². The summed E-state index contributed by atoms with van der Waals surface area (Å²) in [6.07, 6.45) is 0.307. The van der Waals surface area contributed by atoms with Crippen LogP contribution in [0.1, 0.15) is 52.2 Å². The number of hydrogen-bond donors (Lipinski definition) is 1. The van der Waals surface area contributed by atoms with Crippen molar-refractivity contribution in [1.82, 2.24) is 10.2 Å². The van der Waals surface area contributed by atoms with Gasteiger partial charge in [0.25, 0.3) is 10.0 Å². The molecule has 1 N–H and O–H groups in total. The normalized spacial score (nSPS) is 12.4. The van der Waals surface area contributed by atoms with Gasteiger partial charge in [-0.05, 0) is 101 Å². The molecule has 3 aromatic carbocycles. The highest BCUT2D eigenvalue weighted by atomic mass is 32.2. The molecule has 1 atom stereocenters. The van der Waals surface area contributed by atoms with Crippen LogP contribution in [0, 0.1) is 12.7 Å². The summed E-state index contributed by atoms with van der Waals surface area (Å²) in [5, 5.41) is 2.95. The number of carbonyl (C=O) groups excluding carboxylic acids is 2. The van der Waals surface area contributed by atoms with Crippen molar-refractivity contribution in [2.45, 2.75) is 71.0 Å². The Kier molecular flexibility index (Phi) is 10.7. The van der Waals surface area contributed by atoms with Crippen LogP contribution in [-0.2, 0) is 26.2 Å². The summed E-state index contributed by atoms with van der Waals surface area (Å²) >= 11 is 0. The first-order chi connectivity index (χ1) is 19.8. The van der Waals surface area contributed by atoms with E-state index >= 15 is 0 Å². The van der Waals surface area contributed by atoms with E-state index in [1.54, 1.807) is 6.92 Å². The second-order valence-corrected chi connectivity index (χ2v) is 12.9. The Hall–Kier alpha value is -3.92. The van der Waals surface area contributed by atoms with Gasteiger partial charge in [-0.1, -0.05) is 31.2 Å². The molecule has 0 aliphatic rings. The number of nitrogens with one attached hydrogen (secondary N) is 1. The second-order valence-electron chi connectivity index (χ2n) is 11.0. The molecule has 1 unspecified atom stereocenters. The predicted octanol–water partition coefficient (Wildman–Crippen LogP) is 5.45. The Morgan fingerprint density at radius 1 is 0.952 bits per heavy atom. The van der Waals surface area contributed by atoms with Gasteiger partial charge in [-0.3, -0.25) is 13.9 Å². The van der Waals surface area contributed by atoms with Crippen molar-refractivity contribution in [1.29, 1.82) is 0 Å². The molecule has 3 aromatic rings. The Morgan fingerprint density at radius 3 is 2.12 bits per heavy atom. The minimum absolute atomic E-state index is 0.0638. The summed E-state index contributed by atoms with van der Waals surface area (Å²) in [5.41, 5.74) is 1.33. The van der Waals surface area contributed by atoms with Crippen LogP contribution < -0.4 is 14.4 Å². The molecule has 0 heterocycles. The van der Waals surface area contributed by atoms with E-state index < -0.39 is 39.9 Å². The van der Waals surface area contributed by atoms with Gasteiger partial charge in [0.1, 0.15) is 24.2 Å². The largest absolute Gasteiger partial charge is 0.494 e. The highest BCUT2D eigenvalue weighted by Gasteiger charge is 2.34. The van der Waals surface area contributed by atoms with Gasteiger partial charge in [-0.25, -0.2) is 12.8 Å². The molecule has 0 fully saturated rings. The van der Waals surface area contributed by atoms with Crippen LogP contribution in [0.5, 0.6) is 5.75 Å². The first-order valence-electron chi connectivity index (χ1n) is 13.9. The molecule has 2 amide bonds. The summed E-state index contributed by atoms with van der Waals surface area (Å²) in [6, 6.07) is 17.4. The highest BCUT2D eigenvalue weighted by molar-refractivity contribution is 7.92. The highest BCUT2D eigenvalue weighted by Crippen LogP contribution is 2.27. The number of anilines is 1. The van der Waals surface area contributed by atoms with Crippen LogP contribution in [0.25, 0.3) is 0 Å². The zero-order valence-corrected chi connectivity index (χ0v) is 25.9. The fraction of sp³-hybridized carbons (Fsp3) is 0.375. The van der Waals surface area contributed by atoms with Crippen LogP contribution in [0.4, 0.5) is 10.1 Å². The zero-order chi connectivity index (χ0) is 31.1. The molecule has 3 rings (SSSR count). The Labute approximate surface area is 248 Å². The molecule has 0 aromatic heterocycles. The molecule has 0 radical (unpaired) electrons.